The summed E-state index contributed by atoms with van der Waals surface area (Å²) in [6.07, 6.45) is 1.87. The maximum atomic E-state index is 13.1. The molecule has 1 atom stereocenters. The Kier molecular flexibility index (Phi) is 8.21. The molecule has 1 unspecified atom stereocenters. The van der Waals surface area contributed by atoms with Crippen LogP contribution < -0.4 is 22.5 Å². The number of fused-ring (bicyclic) bond motifs is 1. The lowest BCUT2D eigenvalue weighted by Gasteiger charge is -2.16. The molecule has 0 radical (unpaired) electrons. The van der Waals surface area contributed by atoms with Crippen molar-refractivity contribution < 1.29 is 14.3 Å². The van der Waals surface area contributed by atoms with Crippen LogP contribution in [0.3, 0.4) is 0 Å². The third-order valence-electron chi connectivity index (χ3n) is 5.81. The van der Waals surface area contributed by atoms with Crippen molar-refractivity contribution in [2.24, 2.45) is 17.2 Å². The normalized spacial score (nSPS) is 11.7. The largest absolute Gasteiger partial charge is 0.467 e. The van der Waals surface area contributed by atoms with Gasteiger partial charge in [-0.2, -0.15) is 0 Å². The Balaban J connectivity index is 1.97. The van der Waals surface area contributed by atoms with Crippen molar-refractivity contribution in [2.75, 3.05) is 13.7 Å². The van der Waals surface area contributed by atoms with E-state index in [2.05, 4.69) is 10.3 Å². The van der Waals surface area contributed by atoms with Gasteiger partial charge in [0.1, 0.15) is 17.7 Å². The zero-order chi connectivity index (χ0) is 25.5. The number of benzene rings is 2. The molecule has 35 heavy (non-hydrogen) atoms. The van der Waals surface area contributed by atoms with Gasteiger partial charge < -0.3 is 32.2 Å². The van der Waals surface area contributed by atoms with E-state index in [1.807, 2.05) is 18.2 Å². The van der Waals surface area contributed by atoms with E-state index in [9.17, 15) is 9.59 Å². The van der Waals surface area contributed by atoms with Gasteiger partial charge in [0.05, 0.1) is 19.2 Å². The number of carbonyl (C=O) groups is 2. The number of H-pyrrole nitrogens is 1. The third-order valence-corrected chi connectivity index (χ3v) is 5.81. The summed E-state index contributed by atoms with van der Waals surface area (Å²) in [6, 6.07) is 11.7. The van der Waals surface area contributed by atoms with Gasteiger partial charge in [-0.15, -0.1) is 0 Å². The van der Waals surface area contributed by atoms with Gasteiger partial charge in [-0.25, -0.2) is 4.79 Å². The number of ether oxygens (including phenoxy) is 1. The molecule has 0 bridgehead atoms. The number of unbranched alkanes of at least 4 members (excludes halogenated alkanes) is 1. The molecule has 0 saturated heterocycles. The second-order valence-electron chi connectivity index (χ2n) is 8.25. The smallest absolute Gasteiger partial charge is 0.328 e. The topological polar surface area (TPSA) is 197 Å². The first-order valence-corrected chi connectivity index (χ1v) is 11.3. The number of nitrogens with two attached hydrogens (primary N) is 3. The van der Waals surface area contributed by atoms with E-state index >= 15 is 0 Å². The summed E-state index contributed by atoms with van der Waals surface area (Å²) in [5.74, 6) is -0.930. The summed E-state index contributed by atoms with van der Waals surface area (Å²) in [4.78, 5) is 28.6. The van der Waals surface area contributed by atoms with E-state index in [0.29, 0.717) is 36.2 Å². The number of aromatic amines is 1. The van der Waals surface area contributed by atoms with Crippen molar-refractivity contribution in [3.05, 3.63) is 59.2 Å². The average Bonchev–Trinajstić information content (AvgIpc) is 3.20. The molecule has 0 fully saturated rings. The Labute approximate surface area is 203 Å². The fourth-order valence-electron chi connectivity index (χ4n) is 3.96. The number of hydrogen-bond donors (Lipinski definition) is 7. The fraction of sp³-hybridized carbons (Fsp3) is 0.280. The lowest BCUT2D eigenvalue weighted by Crippen LogP contribution is -2.42. The highest BCUT2D eigenvalue weighted by Gasteiger charge is 2.23. The second-order valence-corrected chi connectivity index (χ2v) is 8.25. The molecule has 0 aliphatic heterocycles. The van der Waals surface area contributed by atoms with E-state index in [4.69, 9.17) is 32.8 Å². The number of aromatic nitrogens is 1. The van der Waals surface area contributed by atoms with Crippen LogP contribution >= 0.6 is 0 Å². The highest BCUT2D eigenvalue weighted by Crippen LogP contribution is 2.32. The molecule has 1 heterocycles. The van der Waals surface area contributed by atoms with Crippen molar-refractivity contribution in [3.8, 4) is 11.3 Å². The summed E-state index contributed by atoms with van der Waals surface area (Å²) in [7, 11) is 1.29. The molecule has 0 spiro atoms. The van der Waals surface area contributed by atoms with Crippen LogP contribution in [0.2, 0.25) is 0 Å². The van der Waals surface area contributed by atoms with Crippen LogP contribution in [0.4, 0.5) is 0 Å². The first kappa shape index (κ1) is 25.4. The molecular formula is C25H31N7O3. The minimum absolute atomic E-state index is 0.00753. The molecule has 0 aliphatic carbocycles. The zero-order valence-corrected chi connectivity index (χ0v) is 19.6. The number of esters is 1. The van der Waals surface area contributed by atoms with Gasteiger partial charge in [-0.3, -0.25) is 15.6 Å². The maximum absolute atomic E-state index is 13.1. The van der Waals surface area contributed by atoms with Gasteiger partial charge >= 0.3 is 5.97 Å². The van der Waals surface area contributed by atoms with Crippen molar-refractivity contribution >= 4 is 34.5 Å². The summed E-state index contributed by atoms with van der Waals surface area (Å²) >= 11 is 0. The monoisotopic (exact) mass is 477 g/mol. The average molecular weight is 478 g/mol. The quantitative estimate of drug-likeness (QED) is 0.0949. The molecule has 3 aromatic rings. The van der Waals surface area contributed by atoms with Crippen molar-refractivity contribution in [2.45, 2.75) is 31.7 Å². The Bertz CT molecular complexity index is 1250. The Morgan fingerprint density at radius 3 is 2.29 bits per heavy atom. The highest BCUT2D eigenvalue weighted by molar-refractivity contribution is 6.02. The van der Waals surface area contributed by atoms with Gasteiger partial charge in [-0.1, -0.05) is 36.4 Å². The first-order valence-electron chi connectivity index (χ1n) is 11.3. The van der Waals surface area contributed by atoms with Crippen molar-refractivity contribution in [3.63, 3.8) is 0 Å². The Morgan fingerprint density at radius 2 is 1.69 bits per heavy atom. The molecule has 10 heteroatoms. The Morgan fingerprint density at radius 1 is 1.03 bits per heavy atom. The lowest BCUT2D eigenvalue weighted by atomic mass is 10.00. The number of methoxy groups -OCH3 is 1. The Hall–Kier alpha value is -4.18. The van der Waals surface area contributed by atoms with E-state index in [1.54, 1.807) is 24.3 Å². The van der Waals surface area contributed by atoms with E-state index in [1.165, 1.54) is 7.11 Å². The third kappa shape index (κ3) is 6.04. The maximum Gasteiger partial charge on any atom is 0.328 e. The van der Waals surface area contributed by atoms with Crippen LogP contribution in [-0.2, 0) is 20.7 Å². The minimum Gasteiger partial charge on any atom is -0.467 e. The van der Waals surface area contributed by atoms with Crippen LogP contribution in [0.1, 0.15) is 36.0 Å². The molecular weight excluding hydrogens is 446 g/mol. The SMILES string of the molecule is COC(=O)C(CCCCN)NC(=O)Cc1c(-c2ccc(C(=N)N)cc2)[nH]c2cc(C(=N)N)ccc12. The molecule has 0 saturated carbocycles. The summed E-state index contributed by atoms with van der Waals surface area (Å²) in [5, 5.41) is 18.9. The number of amidine groups is 2. The van der Waals surface area contributed by atoms with Crippen LogP contribution in [0.15, 0.2) is 42.5 Å². The molecule has 3 rings (SSSR count). The van der Waals surface area contributed by atoms with E-state index in [0.717, 1.165) is 28.5 Å². The van der Waals surface area contributed by atoms with Crippen molar-refractivity contribution in [1.82, 2.24) is 10.3 Å². The number of amides is 1. The highest BCUT2D eigenvalue weighted by atomic mass is 16.5. The van der Waals surface area contributed by atoms with E-state index in [-0.39, 0.29) is 24.0 Å². The van der Waals surface area contributed by atoms with Gasteiger partial charge in [0.25, 0.3) is 0 Å². The fourth-order valence-corrected chi connectivity index (χ4v) is 3.96. The molecule has 2 aromatic carbocycles. The predicted molar refractivity (Wildman–Crippen MR) is 136 cm³/mol. The molecule has 10 N–H and O–H groups in total. The van der Waals surface area contributed by atoms with Gasteiger partial charge in [0, 0.05) is 22.0 Å². The van der Waals surface area contributed by atoms with Crippen LogP contribution in [0.25, 0.3) is 22.2 Å². The van der Waals surface area contributed by atoms with Gasteiger partial charge in [0.2, 0.25) is 5.91 Å². The van der Waals surface area contributed by atoms with E-state index < -0.39 is 12.0 Å². The van der Waals surface area contributed by atoms with Gasteiger partial charge in [0.15, 0.2) is 0 Å². The number of carbonyl (C=O) groups excluding carboxylic acids is 2. The zero-order valence-electron chi connectivity index (χ0n) is 19.6. The molecule has 184 valence electrons. The van der Waals surface area contributed by atoms with Gasteiger partial charge in [-0.05, 0) is 43.0 Å². The second kappa shape index (κ2) is 11.3. The number of rotatable bonds is 11. The minimum atomic E-state index is -0.758. The number of hydrogen-bond acceptors (Lipinski definition) is 6. The van der Waals surface area contributed by atoms with Crippen LogP contribution in [0.5, 0.6) is 0 Å². The molecule has 1 aromatic heterocycles. The number of nitrogen functional groups attached to an aromatic ring is 2. The summed E-state index contributed by atoms with van der Waals surface area (Å²) in [5.41, 5.74) is 20.9. The van der Waals surface area contributed by atoms with Crippen molar-refractivity contribution in [1.29, 1.82) is 10.8 Å². The standard InChI is InChI=1S/C25H31N7O3/c1-35-25(34)19(4-2-3-11-26)31-21(33)13-18-17-10-9-16(24(29)30)12-20(17)32-22(18)14-5-7-15(8-6-14)23(27)28/h5-10,12,19,32H,2-4,11,13,26H2,1H3,(H3,27,28)(H3,29,30)(H,31,33). The van der Waals surface area contributed by atoms with Crippen LogP contribution in [0, 0.1) is 10.8 Å². The molecule has 1 amide bonds. The molecule has 0 aliphatic rings. The lowest BCUT2D eigenvalue weighted by molar-refractivity contribution is -0.145. The predicted octanol–water partition coefficient (Wildman–Crippen LogP) is 1.73. The first-order chi connectivity index (χ1) is 16.7. The molecule has 10 nitrogen and oxygen atoms in total. The summed E-state index contributed by atoms with van der Waals surface area (Å²) in [6.45, 7) is 0.505. The van der Waals surface area contributed by atoms with Crippen LogP contribution in [-0.4, -0.2) is 48.2 Å². The number of nitrogens with one attached hydrogen (secondary N) is 4. The summed E-state index contributed by atoms with van der Waals surface area (Å²) < 4.78 is 4.86.